The number of para-hydroxylation sites is 1. The summed E-state index contributed by atoms with van der Waals surface area (Å²) in [5.74, 6) is 1.32. The van der Waals surface area contributed by atoms with E-state index >= 15 is 0 Å². The Balaban J connectivity index is 2.27. The third-order valence-electron chi connectivity index (χ3n) is 3.24. The van der Waals surface area contributed by atoms with Crippen molar-refractivity contribution in [1.29, 1.82) is 5.26 Å². The van der Waals surface area contributed by atoms with Crippen molar-refractivity contribution in [2.75, 3.05) is 14.2 Å². The zero-order valence-corrected chi connectivity index (χ0v) is 11.7. The number of nitrogens with zero attached hydrogens (tertiary/aromatic N) is 1. The van der Waals surface area contributed by atoms with Crippen molar-refractivity contribution in [3.63, 3.8) is 0 Å². The molecule has 2 rings (SSSR count). The highest BCUT2D eigenvalue weighted by molar-refractivity contribution is 5.41. The van der Waals surface area contributed by atoms with Crippen LogP contribution in [-0.4, -0.2) is 14.2 Å². The first-order valence-corrected chi connectivity index (χ1v) is 6.44. The molecule has 0 amide bonds. The minimum Gasteiger partial charge on any atom is -0.497 e. The fraction of sp³-hybridized carbons (Fsp3) is 0.235. The SMILES string of the molecule is COc1cccc(CC(C#N)c2ccccc2OC)c1. The van der Waals surface area contributed by atoms with Gasteiger partial charge in [-0.05, 0) is 30.2 Å². The highest BCUT2D eigenvalue weighted by Gasteiger charge is 2.16. The van der Waals surface area contributed by atoms with Gasteiger partial charge >= 0.3 is 0 Å². The first kappa shape index (κ1) is 14.0. The Kier molecular flexibility index (Phi) is 4.62. The highest BCUT2D eigenvalue weighted by atomic mass is 16.5. The summed E-state index contributed by atoms with van der Waals surface area (Å²) in [5.41, 5.74) is 1.99. The van der Waals surface area contributed by atoms with Crippen molar-refractivity contribution < 1.29 is 9.47 Å². The van der Waals surface area contributed by atoms with Crippen LogP contribution >= 0.6 is 0 Å². The summed E-state index contributed by atoms with van der Waals surface area (Å²) < 4.78 is 10.5. The van der Waals surface area contributed by atoms with Gasteiger partial charge in [-0.15, -0.1) is 0 Å². The van der Waals surface area contributed by atoms with E-state index in [2.05, 4.69) is 6.07 Å². The van der Waals surface area contributed by atoms with Crippen molar-refractivity contribution >= 4 is 0 Å². The van der Waals surface area contributed by atoms with E-state index in [1.807, 2.05) is 48.5 Å². The second-order valence-electron chi connectivity index (χ2n) is 4.48. The van der Waals surface area contributed by atoms with Crippen LogP contribution in [-0.2, 0) is 6.42 Å². The topological polar surface area (TPSA) is 42.2 Å². The van der Waals surface area contributed by atoms with Crippen LogP contribution in [0.2, 0.25) is 0 Å². The molecule has 0 aromatic heterocycles. The fourth-order valence-electron chi connectivity index (χ4n) is 2.21. The lowest BCUT2D eigenvalue weighted by Gasteiger charge is -2.14. The summed E-state index contributed by atoms with van der Waals surface area (Å²) in [4.78, 5) is 0. The summed E-state index contributed by atoms with van der Waals surface area (Å²) in [6.07, 6.45) is 0.633. The van der Waals surface area contributed by atoms with Gasteiger partial charge in [0, 0.05) is 5.56 Å². The van der Waals surface area contributed by atoms with E-state index < -0.39 is 0 Å². The molecule has 0 aliphatic heterocycles. The van der Waals surface area contributed by atoms with Crippen LogP contribution in [0.4, 0.5) is 0 Å². The number of rotatable bonds is 5. The third-order valence-corrected chi connectivity index (χ3v) is 3.24. The summed E-state index contributed by atoms with van der Waals surface area (Å²) in [6, 6.07) is 17.8. The van der Waals surface area contributed by atoms with Crippen LogP contribution in [0.25, 0.3) is 0 Å². The predicted octanol–water partition coefficient (Wildman–Crippen LogP) is 3.55. The van der Waals surface area contributed by atoms with E-state index in [0.717, 1.165) is 22.6 Å². The maximum Gasteiger partial charge on any atom is 0.123 e. The van der Waals surface area contributed by atoms with Gasteiger partial charge in [-0.2, -0.15) is 5.26 Å². The summed E-state index contributed by atoms with van der Waals surface area (Å²) >= 11 is 0. The zero-order valence-electron chi connectivity index (χ0n) is 11.7. The second kappa shape index (κ2) is 6.63. The standard InChI is InChI=1S/C17H17NO2/c1-19-15-7-5-6-13(11-15)10-14(12-18)16-8-3-4-9-17(16)20-2/h3-9,11,14H,10H2,1-2H3. The Bertz CT molecular complexity index is 616. The molecular formula is C17H17NO2. The van der Waals surface area contributed by atoms with Crippen LogP contribution < -0.4 is 9.47 Å². The summed E-state index contributed by atoms with van der Waals surface area (Å²) in [7, 11) is 3.26. The first-order chi connectivity index (χ1) is 9.78. The molecule has 0 aliphatic rings. The quantitative estimate of drug-likeness (QED) is 0.832. The fourth-order valence-corrected chi connectivity index (χ4v) is 2.21. The molecule has 0 aliphatic carbocycles. The van der Waals surface area contributed by atoms with Crippen molar-refractivity contribution in [2.24, 2.45) is 0 Å². The van der Waals surface area contributed by atoms with Crippen LogP contribution in [0, 0.1) is 11.3 Å². The van der Waals surface area contributed by atoms with Gasteiger partial charge in [0.05, 0.1) is 26.2 Å². The van der Waals surface area contributed by atoms with E-state index in [-0.39, 0.29) is 5.92 Å². The Hall–Kier alpha value is -2.47. The molecule has 0 radical (unpaired) electrons. The van der Waals surface area contributed by atoms with Gasteiger partial charge < -0.3 is 9.47 Å². The molecule has 2 aromatic rings. The lowest BCUT2D eigenvalue weighted by atomic mass is 9.92. The number of hydrogen-bond donors (Lipinski definition) is 0. The molecular weight excluding hydrogens is 250 g/mol. The Morgan fingerprint density at radius 1 is 1.05 bits per heavy atom. The predicted molar refractivity (Wildman–Crippen MR) is 78.0 cm³/mol. The second-order valence-corrected chi connectivity index (χ2v) is 4.48. The van der Waals surface area contributed by atoms with Crippen LogP contribution in [0.3, 0.4) is 0 Å². The molecule has 3 nitrogen and oxygen atoms in total. The molecule has 0 fully saturated rings. The van der Waals surface area contributed by atoms with Gasteiger partial charge in [0.1, 0.15) is 11.5 Å². The Morgan fingerprint density at radius 2 is 1.85 bits per heavy atom. The summed E-state index contributed by atoms with van der Waals surface area (Å²) in [5, 5.41) is 9.45. The van der Waals surface area contributed by atoms with Gasteiger partial charge in [-0.1, -0.05) is 30.3 Å². The maximum atomic E-state index is 9.45. The molecule has 1 atom stereocenters. The summed E-state index contributed by atoms with van der Waals surface area (Å²) in [6.45, 7) is 0. The van der Waals surface area contributed by atoms with Crippen molar-refractivity contribution in [2.45, 2.75) is 12.3 Å². The van der Waals surface area contributed by atoms with Gasteiger partial charge in [0.15, 0.2) is 0 Å². The number of benzene rings is 2. The number of hydrogen-bond acceptors (Lipinski definition) is 3. The Morgan fingerprint density at radius 3 is 2.55 bits per heavy atom. The van der Waals surface area contributed by atoms with E-state index in [9.17, 15) is 5.26 Å². The first-order valence-electron chi connectivity index (χ1n) is 6.44. The molecule has 0 saturated heterocycles. The maximum absolute atomic E-state index is 9.45. The molecule has 102 valence electrons. The number of methoxy groups -OCH3 is 2. The average Bonchev–Trinajstić information content (AvgIpc) is 2.52. The van der Waals surface area contributed by atoms with Crippen LogP contribution in [0.15, 0.2) is 48.5 Å². The molecule has 20 heavy (non-hydrogen) atoms. The lowest BCUT2D eigenvalue weighted by Crippen LogP contribution is -2.03. The molecule has 3 heteroatoms. The van der Waals surface area contributed by atoms with Gasteiger partial charge in [-0.3, -0.25) is 0 Å². The van der Waals surface area contributed by atoms with Crippen LogP contribution in [0.1, 0.15) is 17.0 Å². The average molecular weight is 267 g/mol. The van der Waals surface area contributed by atoms with E-state index in [4.69, 9.17) is 9.47 Å². The van der Waals surface area contributed by atoms with Gasteiger partial charge in [0.2, 0.25) is 0 Å². The number of ether oxygens (including phenoxy) is 2. The van der Waals surface area contributed by atoms with Crippen molar-refractivity contribution in [3.8, 4) is 17.6 Å². The monoisotopic (exact) mass is 267 g/mol. The minimum atomic E-state index is -0.238. The van der Waals surface area contributed by atoms with Gasteiger partial charge in [0.25, 0.3) is 0 Å². The molecule has 2 aromatic carbocycles. The van der Waals surface area contributed by atoms with Crippen LogP contribution in [0.5, 0.6) is 11.5 Å². The minimum absolute atomic E-state index is 0.238. The van der Waals surface area contributed by atoms with E-state index in [1.165, 1.54) is 0 Å². The molecule has 0 bridgehead atoms. The molecule has 0 heterocycles. The Labute approximate surface area is 119 Å². The normalized spacial score (nSPS) is 11.4. The highest BCUT2D eigenvalue weighted by Crippen LogP contribution is 2.29. The molecule has 1 unspecified atom stereocenters. The third kappa shape index (κ3) is 3.10. The van der Waals surface area contributed by atoms with Crippen molar-refractivity contribution in [1.82, 2.24) is 0 Å². The largest absolute Gasteiger partial charge is 0.497 e. The van der Waals surface area contributed by atoms with E-state index in [0.29, 0.717) is 6.42 Å². The lowest BCUT2D eigenvalue weighted by molar-refractivity contribution is 0.408. The molecule has 0 N–H and O–H groups in total. The molecule has 0 saturated carbocycles. The van der Waals surface area contributed by atoms with Crippen molar-refractivity contribution in [3.05, 3.63) is 59.7 Å². The number of nitriles is 1. The zero-order chi connectivity index (χ0) is 14.4. The molecule has 0 spiro atoms. The van der Waals surface area contributed by atoms with E-state index in [1.54, 1.807) is 14.2 Å². The van der Waals surface area contributed by atoms with Gasteiger partial charge in [-0.25, -0.2) is 0 Å². The smallest absolute Gasteiger partial charge is 0.123 e.